The average molecular weight is 403 g/mol. The topological polar surface area (TPSA) is 3.24 Å². The largest absolute Gasteiger partial charge is 0.393 e. The molecule has 1 heterocycles. The van der Waals surface area contributed by atoms with Crippen LogP contribution in [0.4, 0.5) is 17.6 Å². The van der Waals surface area contributed by atoms with Gasteiger partial charge in [0.2, 0.25) is 0 Å². The van der Waals surface area contributed by atoms with Crippen LogP contribution in [-0.4, -0.2) is 24.2 Å². The first-order chi connectivity index (χ1) is 13.7. The van der Waals surface area contributed by atoms with Gasteiger partial charge in [0.25, 0.3) is 0 Å². The highest BCUT2D eigenvalue weighted by atomic mass is 19.4. The van der Waals surface area contributed by atoms with E-state index in [-0.39, 0.29) is 16.8 Å². The minimum Gasteiger partial charge on any atom is -0.371 e. The van der Waals surface area contributed by atoms with Gasteiger partial charge in [-0.25, -0.2) is 4.39 Å². The molecular formula is C24H25F4N. The molecule has 0 N–H and O–H groups in total. The van der Waals surface area contributed by atoms with E-state index in [9.17, 15) is 17.6 Å². The Kier molecular flexibility index (Phi) is 5.18. The molecule has 0 amide bonds. The number of halogens is 4. The van der Waals surface area contributed by atoms with Gasteiger partial charge in [0.05, 0.1) is 6.42 Å². The van der Waals surface area contributed by atoms with E-state index in [0.29, 0.717) is 11.3 Å². The fourth-order valence-electron chi connectivity index (χ4n) is 4.91. The number of aryl methyl sites for hydroxylation is 1. The van der Waals surface area contributed by atoms with Crippen molar-refractivity contribution < 1.29 is 17.6 Å². The van der Waals surface area contributed by atoms with Gasteiger partial charge in [0.1, 0.15) is 5.82 Å². The fraction of sp³-hybridized carbons (Fsp3) is 0.417. The third-order valence-corrected chi connectivity index (χ3v) is 6.58. The van der Waals surface area contributed by atoms with E-state index in [1.807, 2.05) is 6.07 Å². The number of hydrogen-bond acceptors (Lipinski definition) is 1. The molecule has 1 saturated heterocycles. The first-order valence-corrected chi connectivity index (χ1v) is 10.1. The van der Waals surface area contributed by atoms with Crippen molar-refractivity contribution in [1.82, 2.24) is 4.90 Å². The maximum atomic E-state index is 13.5. The molecule has 1 aliphatic carbocycles. The van der Waals surface area contributed by atoms with Crippen molar-refractivity contribution in [2.75, 3.05) is 13.1 Å². The molecule has 0 saturated carbocycles. The van der Waals surface area contributed by atoms with E-state index in [2.05, 4.69) is 11.5 Å². The zero-order valence-corrected chi connectivity index (χ0v) is 16.4. The second kappa shape index (κ2) is 7.51. The molecule has 0 radical (unpaired) electrons. The Balaban J connectivity index is 1.45. The fourth-order valence-corrected chi connectivity index (χ4v) is 4.91. The summed E-state index contributed by atoms with van der Waals surface area (Å²) < 4.78 is 52.3. The zero-order valence-electron chi connectivity index (χ0n) is 16.4. The molecule has 29 heavy (non-hydrogen) atoms. The maximum Gasteiger partial charge on any atom is 0.393 e. The Bertz CT molecular complexity index is 907. The number of likely N-dealkylation sites (tertiary alicyclic amines) is 1. The van der Waals surface area contributed by atoms with Gasteiger partial charge in [-0.1, -0.05) is 36.9 Å². The van der Waals surface area contributed by atoms with Gasteiger partial charge in [-0.05, 0) is 66.3 Å². The Morgan fingerprint density at radius 3 is 2.45 bits per heavy atom. The van der Waals surface area contributed by atoms with E-state index in [0.717, 1.165) is 50.8 Å². The minimum absolute atomic E-state index is 0.177. The minimum atomic E-state index is -4.24. The molecule has 1 spiro atoms. The maximum absolute atomic E-state index is 13.5. The number of piperidine rings is 1. The molecule has 1 fully saturated rings. The highest BCUT2D eigenvalue weighted by molar-refractivity contribution is 5.65. The third-order valence-electron chi connectivity index (χ3n) is 6.58. The number of alkyl halides is 3. The molecule has 2 aliphatic rings. The van der Waals surface area contributed by atoms with E-state index in [1.54, 1.807) is 24.3 Å². The quantitative estimate of drug-likeness (QED) is 0.554. The molecule has 0 unspecified atom stereocenters. The van der Waals surface area contributed by atoms with Crippen LogP contribution in [0.25, 0.3) is 5.70 Å². The van der Waals surface area contributed by atoms with Crippen molar-refractivity contribution in [3.8, 4) is 0 Å². The van der Waals surface area contributed by atoms with Crippen molar-refractivity contribution in [1.29, 1.82) is 0 Å². The van der Waals surface area contributed by atoms with E-state index in [1.165, 1.54) is 17.7 Å². The Labute approximate surface area is 169 Å². The number of nitrogens with zero attached hydrogens (tertiary/aromatic N) is 1. The smallest absolute Gasteiger partial charge is 0.371 e. The van der Waals surface area contributed by atoms with E-state index < -0.39 is 12.6 Å². The summed E-state index contributed by atoms with van der Waals surface area (Å²) in [4.78, 5) is 2.13. The molecule has 0 bridgehead atoms. The lowest BCUT2D eigenvalue weighted by atomic mass is 9.66. The van der Waals surface area contributed by atoms with Crippen LogP contribution in [0.2, 0.25) is 0 Å². The third kappa shape index (κ3) is 4.34. The van der Waals surface area contributed by atoms with Crippen molar-refractivity contribution in [3.05, 3.63) is 77.1 Å². The van der Waals surface area contributed by atoms with E-state index >= 15 is 0 Å². The normalized spacial score (nSPS) is 18.6. The van der Waals surface area contributed by atoms with Gasteiger partial charge in [-0.3, -0.25) is 0 Å². The van der Waals surface area contributed by atoms with Gasteiger partial charge in [0.15, 0.2) is 0 Å². The van der Waals surface area contributed by atoms with Gasteiger partial charge >= 0.3 is 6.18 Å². The van der Waals surface area contributed by atoms with E-state index in [4.69, 9.17) is 0 Å². The molecular weight excluding hydrogens is 378 g/mol. The summed E-state index contributed by atoms with van der Waals surface area (Å²) in [5.41, 5.74) is 4.10. The first kappa shape index (κ1) is 20.0. The second-order valence-electron chi connectivity index (χ2n) is 8.47. The number of rotatable bonds is 3. The van der Waals surface area contributed by atoms with Crippen LogP contribution in [0.3, 0.4) is 0 Å². The lowest BCUT2D eigenvalue weighted by molar-refractivity contribution is -0.127. The molecule has 5 heteroatoms. The predicted octanol–water partition coefficient (Wildman–Crippen LogP) is 6.17. The van der Waals surface area contributed by atoms with Crippen molar-refractivity contribution in [2.45, 2.75) is 44.7 Å². The van der Waals surface area contributed by atoms with Crippen molar-refractivity contribution in [3.63, 3.8) is 0 Å². The van der Waals surface area contributed by atoms with Crippen LogP contribution in [-0.2, 0) is 19.3 Å². The summed E-state index contributed by atoms with van der Waals surface area (Å²) in [5.74, 6) is -0.177. The Morgan fingerprint density at radius 2 is 1.72 bits per heavy atom. The van der Waals surface area contributed by atoms with Crippen LogP contribution in [0, 0.1) is 11.2 Å². The molecule has 2 aromatic carbocycles. The van der Waals surface area contributed by atoms with Crippen LogP contribution >= 0.6 is 0 Å². The van der Waals surface area contributed by atoms with Crippen LogP contribution in [0.1, 0.15) is 41.5 Å². The van der Waals surface area contributed by atoms with Gasteiger partial charge in [-0.15, -0.1) is 0 Å². The molecule has 0 atom stereocenters. The van der Waals surface area contributed by atoms with Gasteiger partial charge in [-0.2, -0.15) is 13.2 Å². The molecule has 2 aromatic rings. The summed E-state index contributed by atoms with van der Waals surface area (Å²) in [6.07, 6.45) is -0.344. The zero-order chi connectivity index (χ0) is 20.6. The van der Waals surface area contributed by atoms with Crippen molar-refractivity contribution in [2.24, 2.45) is 5.41 Å². The first-order valence-electron chi connectivity index (χ1n) is 10.1. The van der Waals surface area contributed by atoms with Gasteiger partial charge < -0.3 is 4.90 Å². The second-order valence-corrected chi connectivity index (χ2v) is 8.47. The standard InChI is InChI=1S/C24H25F4N/c1-17(22-5-3-2-4-20(22)16-24(26,27)28)29-12-10-23(11-13-29)9-8-18-14-21(25)7-6-19(18)15-23/h2-7,14H,1,8-13,15-16H2. The highest BCUT2D eigenvalue weighted by Gasteiger charge is 2.38. The van der Waals surface area contributed by atoms with Crippen LogP contribution < -0.4 is 0 Å². The average Bonchev–Trinajstić information content (AvgIpc) is 2.68. The number of hydrogen-bond donors (Lipinski definition) is 0. The number of benzene rings is 2. The molecule has 1 aliphatic heterocycles. The number of fused-ring (bicyclic) bond motifs is 1. The molecule has 4 rings (SSSR count). The highest BCUT2D eigenvalue weighted by Crippen LogP contribution is 2.44. The SMILES string of the molecule is C=C(c1ccccc1CC(F)(F)F)N1CCC2(CCc3cc(F)ccc3C2)CC1. The summed E-state index contributed by atoms with van der Waals surface area (Å²) in [6, 6.07) is 11.8. The predicted molar refractivity (Wildman–Crippen MR) is 107 cm³/mol. The summed E-state index contributed by atoms with van der Waals surface area (Å²) >= 11 is 0. The summed E-state index contributed by atoms with van der Waals surface area (Å²) in [7, 11) is 0. The Morgan fingerprint density at radius 1 is 1.00 bits per heavy atom. The molecule has 0 aromatic heterocycles. The molecule has 1 nitrogen and oxygen atoms in total. The lowest BCUT2D eigenvalue weighted by Crippen LogP contribution is -2.42. The van der Waals surface area contributed by atoms with Crippen molar-refractivity contribution >= 4 is 5.70 Å². The lowest BCUT2D eigenvalue weighted by Gasteiger charge is -2.46. The Hall–Kier alpha value is -2.30. The summed E-state index contributed by atoms with van der Waals surface area (Å²) in [6.45, 7) is 5.71. The summed E-state index contributed by atoms with van der Waals surface area (Å²) in [5, 5.41) is 0. The molecule has 154 valence electrons. The van der Waals surface area contributed by atoms with Gasteiger partial charge in [0, 0.05) is 24.4 Å². The van der Waals surface area contributed by atoms with Crippen LogP contribution in [0.15, 0.2) is 49.0 Å². The monoisotopic (exact) mass is 403 g/mol. The van der Waals surface area contributed by atoms with Crippen LogP contribution in [0.5, 0.6) is 0 Å².